The van der Waals surface area contributed by atoms with E-state index in [1.54, 1.807) is 17.2 Å². The fourth-order valence-corrected chi connectivity index (χ4v) is 4.10. The molecule has 0 bridgehead atoms. The summed E-state index contributed by atoms with van der Waals surface area (Å²) in [7, 11) is 0. The highest BCUT2D eigenvalue weighted by molar-refractivity contribution is 8.26. The number of anilines is 1. The number of thiocarbonyl (C=S) groups is 1. The number of nitrogens with one attached hydrogen (secondary N) is 1. The van der Waals surface area contributed by atoms with Gasteiger partial charge in [0.2, 0.25) is 0 Å². The van der Waals surface area contributed by atoms with E-state index in [1.807, 2.05) is 32.9 Å². The van der Waals surface area contributed by atoms with Crippen molar-refractivity contribution < 1.29 is 4.79 Å². The van der Waals surface area contributed by atoms with E-state index >= 15 is 0 Å². The number of aromatic nitrogens is 2. The minimum Gasteiger partial charge on any atom is -0.369 e. The van der Waals surface area contributed by atoms with Gasteiger partial charge in [0.05, 0.1) is 10.5 Å². The number of carbonyl (C=O) groups excluding carboxylic acids is 1. The summed E-state index contributed by atoms with van der Waals surface area (Å²) >= 11 is 6.55. The fraction of sp³-hybridized carbons (Fsp3) is 0.368. The van der Waals surface area contributed by atoms with E-state index in [0.29, 0.717) is 39.3 Å². The van der Waals surface area contributed by atoms with Crippen LogP contribution < -0.4 is 10.9 Å². The second-order valence-electron chi connectivity index (χ2n) is 6.37. The van der Waals surface area contributed by atoms with Crippen LogP contribution in [0.4, 0.5) is 5.82 Å². The first-order valence-electron chi connectivity index (χ1n) is 8.98. The van der Waals surface area contributed by atoms with Crippen LogP contribution in [0.3, 0.4) is 0 Å². The number of hydrogen-bond donors (Lipinski definition) is 1. The van der Waals surface area contributed by atoms with Gasteiger partial charge in [-0.3, -0.25) is 18.9 Å². The van der Waals surface area contributed by atoms with Crippen LogP contribution in [0.5, 0.6) is 0 Å². The van der Waals surface area contributed by atoms with Crippen LogP contribution in [0.2, 0.25) is 0 Å². The van der Waals surface area contributed by atoms with Crippen LogP contribution in [0.25, 0.3) is 11.7 Å². The van der Waals surface area contributed by atoms with Crippen LogP contribution >= 0.6 is 24.0 Å². The summed E-state index contributed by atoms with van der Waals surface area (Å²) in [5, 5.41) is 3.21. The Labute approximate surface area is 167 Å². The van der Waals surface area contributed by atoms with E-state index in [0.717, 1.165) is 18.4 Å². The molecule has 2 aromatic rings. The molecule has 8 heteroatoms. The molecule has 1 fully saturated rings. The Morgan fingerprint density at radius 1 is 1.26 bits per heavy atom. The Morgan fingerprint density at radius 3 is 2.74 bits per heavy atom. The van der Waals surface area contributed by atoms with Crippen molar-refractivity contribution in [2.75, 3.05) is 18.4 Å². The van der Waals surface area contributed by atoms with Crippen LogP contribution in [0.15, 0.2) is 28.0 Å². The lowest BCUT2D eigenvalue weighted by molar-refractivity contribution is -0.122. The monoisotopic (exact) mass is 402 g/mol. The molecule has 1 aliphatic heterocycles. The summed E-state index contributed by atoms with van der Waals surface area (Å²) in [6.07, 6.45) is 5.10. The number of pyridine rings is 1. The Kier molecular flexibility index (Phi) is 5.96. The highest BCUT2D eigenvalue weighted by Crippen LogP contribution is 2.33. The minimum atomic E-state index is -0.205. The van der Waals surface area contributed by atoms with Crippen LogP contribution in [-0.4, -0.2) is 37.6 Å². The molecule has 3 rings (SSSR count). The van der Waals surface area contributed by atoms with E-state index in [-0.39, 0.29) is 11.5 Å². The van der Waals surface area contributed by atoms with E-state index in [2.05, 4.69) is 10.3 Å². The number of carbonyl (C=O) groups is 1. The average molecular weight is 403 g/mol. The largest absolute Gasteiger partial charge is 0.369 e. The van der Waals surface area contributed by atoms with Crippen molar-refractivity contribution in [3.05, 3.63) is 44.7 Å². The summed E-state index contributed by atoms with van der Waals surface area (Å²) in [6.45, 7) is 7.23. The van der Waals surface area contributed by atoms with Gasteiger partial charge in [0, 0.05) is 19.3 Å². The van der Waals surface area contributed by atoms with Gasteiger partial charge >= 0.3 is 0 Å². The molecule has 1 aliphatic rings. The lowest BCUT2D eigenvalue weighted by atomic mass is 10.2. The third kappa shape index (κ3) is 3.91. The van der Waals surface area contributed by atoms with Crippen molar-refractivity contribution in [2.24, 2.45) is 0 Å². The zero-order valence-electron chi connectivity index (χ0n) is 15.6. The molecule has 0 spiro atoms. The van der Waals surface area contributed by atoms with Gasteiger partial charge < -0.3 is 5.32 Å². The third-order valence-corrected chi connectivity index (χ3v) is 5.52. The average Bonchev–Trinajstić information content (AvgIpc) is 2.91. The molecule has 0 unspecified atom stereocenters. The first-order valence-corrected chi connectivity index (χ1v) is 10.2. The minimum absolute atomic E-state index is 0.151. The lowest BCUT2D eigenvalue weighted by Crippen LogP contribution is -2.28. The van der Waals surface area contributed by atoms with Gasteiger partial charge in [0.1, 0.15) is 15.8 Å². The summed E-state index contributed by atoms with van der Waals surface area (Å²) < 4.78 is 2.05. The number of rotatable bonds is 6. The second kappa shape index (κ2) is 8.22. The number of aryl methyl sites for hydroxylation is 1. The number of thioether (sulfide) groups is 1. The van der Waals surface area contributed by atoms with E-state index in [4.69, 9.17) is 12.2 Å². The van der Waals surface area contributed by atoms with Gasteiger partial charge in [0.25, 0.3) is 11.5 Å². The van der Waals surface area contributed by atoms with Crippen molar-refractivity contribution in [1.29, 1.82) is 0 Å². The SMILES string of the molecule is CCCNc1nc2ccc(C)cn2c(=O)c1C=C1SC(=S)N(CCC)C1=O. The second-order valence-corrected chi connectivity index (χ2v) is 8.05. The predicted octanol–water partition coefficient (Wildman–Crippen LogP) is 3.44. The predicted molar refractivity (Wildman–Crippen MR) is 115 cm³/mol. The standard InChI is InChI=1S/C19H22N4O2S2/c1-4-8-20-16-13(10-14-18(25)22(9-5-2)19(26)27-14)17(24)23-11-12(3)6-7-15(23)21-16/h6-7,10-11,20H,4-5,8-9H2,1-3H3. The molecule has 6 nitrogen and oxygen atoms in total. The molecule has 142 valence electrons. The third-order valence-electron chi connectivity index (χ3n) is 4.14. The van der Waals surface area contributed by atoms with Gasteiger partial charge in [-0.25, -0.2) is 4.98 Å². The molecule has 27 heavy (non-hydrogen) atoms. The first-order chi connectivity index (χ1) is 13.0. The van der Waals surface area contributed by atoms with Gasteiger partial charge in [-0.15, -0.1) is 0 Å². The van der Waals surface area contributed by atoms with E-state index in [1.165, 1.54) is 16.2 Å². The van der Waals surface area contributed by atoms with Crippen LogP contribution in [0, 0.1) is 6.92 Å². The van der Waals surface area contributed by atoms with E-state index < -0.39 is 0 Å². The van der Waals surface area contributed by atoms with Gasteiger partial charge in [-0.1, -0.05) is 43.9 Å². The van der Waals surface area contributed by atoms with Gasteiger partial charge in [0.15, 0.2) is 0 Å². The molecular weight excluding hydrogens is 380 g/mol. The van der Waals surface area contributed by atoms with Crippen LogP contribution in [-0.2, 0) is 4.79 Å². The maximum absolute atomic E-state index is 13.1. The molecule has 3 heterocycles. The number of fused-ring (bicyclic) bond motifs is 1. The maximum atomic E-state index is 13.1. The summed E-state index contributed by atoms with van der Waals surface area (Å²) in [5.74, 6) is 0.341. The quantitative estimate of drug-likeness (QED) is 0.590. The molecular formula is C19H22N4O2S2. The molecule has 1 N–H and O–H groups in total. The fourth-order valence-electron chi connectivity index (χ4n) is 2.81. The zero-order chi connectivity index (χ0) is 19.6. The molecule has 0 radical (unpaired) electrons. The summed E-state index contributed by atoms with van der Waals surface area (Å²) in [4.78, 5) is 32.4. The van der Waals surface area contributed by atoms with Gasteiger partial charge in [-0.05, 0) is 37.5 Å². The van der Waals surface area contributed by atoms with Crippen molar-refractivity contribution in [2.45, 2.75) is 33.6 Å². The van der Waals surface area contributed by atoms with E-state index in [9.17, 15) is 9.59 Å². The maximum Gasteiger partial charge on any atom is 0.267 e. The smallest absolute Gasteiger partial charge is 0.267 e. The normalized spacial score (nSPS) is 16.0. The molecule has 1 amide bonds. The highest BCUT2D eigenvalue weighted by atomic mass is 32.2. The summed E-state index contributed by atoms with van der Waals surface area (Å²) in [5.41, 5.74) is 1.70. The number of amides is 1. The Balaban J connectivity index is 2.14. The number of hydrogen-bond acceptors (Lipinski definition) is 6. The van der Waals surface area contributed by atoms with Crippen molar-refractivity contribution in [3.63, 3.8) is 0 Å². The highest BCUT2D eigenvalue weighted by Gasteiger charge is 2.31. The Hall–Kier alpha value is -2.19. The molecule has 0 saturated carbocycles. The zero-order valence-corrected chi connectivity index (χ0v) is 17.2. The van der Waals surface area contributed by atoms with Crippen molar-refractivity contribution >= 4 is 51.7 Å². The Bertz CT molecular complexity index is 997. The van der Waals surface area contributed by atoms with Crippen LogP contribution in [0.1, 0.15) is 37.8 Å². The topological polar surface area (TPSA) is 66.7 Å². The van der Waals surface area contributed by atoms with Gasteiger partial charge in [-0.2, -0.15) is 0 Å². The molecule has 0 atom stereocenters. The molecule has 0 aliphatic carbocycles. The summed E-state index contributed by atoms with van der Waals surface area (Å²) in [6, 6.07) is 3.74. The molecule has 2 aromatic heterocycles. The Morgan fingerprint density at radius 2 is 2.04 bits per heavy atom. The molecule has 0 aromatic carbocycles. The lowest BCUT2D eigenvalue weighted by Gasteiger charge is -2.12. The first kappa shape index (κ1) is 19.6. The molecule has 1 saturated heterocycles. The number of nitrogens with zero attached hydrogens (tertiary/aromatic N) is 3. The van der Waals surface area contributed by atoms with Crippen molar-refractivity contribution in [3.8, 4) is 0 Å². The van der Waals surface area contributed by atoms with Crippen molar-refractivity contribution in [1.82, 2.24) is 14.3 Å².